The van der Waals surface area contributed by atoms with Crippen LogP contribution in [0.25, 0.3) is 0 Å². The van der Waals surface area contributed by atoms with Crippen molar-refractivity contribution in [3.05, 3.63) is 59.7 Å². The van der Waals surface area contributed by atoms with Crippen LogP contribution in [0.1, 0.15) is 103 Å². The van der Waals surface area contributed by atoms with Gasteiger partial charge in [-0.1, -0.05) is 63.7 Å². The Morgan fingerprint density at radius 3 is 2.62 bits per heavy atom. The first-order valence-corrected chi connectivity index (χ1v) is 18.8. The second-order valence-corrected chi connectivity index (χ2v) is 15.1. The molecule has 0 unspecified atom stereocenters. The van der Waals surface area contributed by atoms with E-state index in [4.69, 9.17) is 5.73 Å². The van der Waals surface area contributed by atoms with Gasteiger partial charge in [0.2, 0.25) is 0 Å². The van der Waals surface area contributed by atoms with E-state index in [-0.39, 0.29) is 36.2 Å². The number of unbranched alkanes of at least 4 members (excludes halogenated alkanes) is 4. The zero-order chi connectivity index (χ0) is 34.5. The number of allylic oxidation sites excluding steroid dienone is 3. The zero-order valence-electron chi connectivity index (χ0n) is 29.5. The van der Waals surface area contributed by atoms with E-state index in [0.29, 0.717) is 50.5 Å². The summed E-state index contributed by atoms with van der Waals surface area (Å²) in [5.41, 5.74) is 7.22. The molecule has 1 aromatic heterocycles. The van der Waals surface area contributed by atoms with Gasteiger partial charge in [-0.2, -0.15) is 0 Å². The normalized spacial score (nSPS) is 29.1. The van der Waals surface area contributed by atoms with E-state index in [2.05, 4.69) is 40.8 Å². The van der Waals surface area contributed by atoms with E-state index < -0.39 is 23.6 Å². The van der Waals surface area contributed by atoms with Crippen LogP contribution in [0.4, 0.5) is 0 Å². The summed E-state index contributed by atoms with van der Waals surface area (Å²) in [5.74, 6) is -0.644. The van der Waals surface area contributed by atoms with E-state index in [1.165, 1.54) is 24.8 Å². The average Bonchev–Trinajstić information content (AvgIpc) is 3.67. The molecule has 1 aromatic rings. The van der Waals surface area contributed by atoms with Crippen molar-refractivity contribution in [2.75, 3.05) is 20.1 Å². The highest BCUT2D eigenvalue weighted by atomic mass is 16.4. The maximum absolute atomic E-state index is 12.5. The molecule has 1 fully saturated rings. The Labute approximate surface area is 288 Å². The number of aromatic nitrogens is 1. The number of carbonyl (C=O) groups is 1. The van der Waals surface area contributed by atoms with Crippen molar-refractivity contribution in [2.45, 2.75) is 121 Å². The Morgan fingerprint density at radius 2 is 1.94 bits per heavy atom. The summed E-state index contributed by atoms with van der Waals surface area (Å²) in [7, 11) is 1.85. The molecule has 2 aliphatic carbocycles. The monoisotopic (exact) mass is 668 g/mol. The molecular weight excluding hydrogens is 604 g/mol. The molecule has 9 N–H and O–H groups in total. The number of carboxylic acids is 1. The van der Waals surface area contributed by atoms with E-state index in [0.717, 1.165) is 50.6 Å². The van der Waals surface area contributed by atoms with Crippen LogP contribution in [-0.4, -0.2) is 69.3 Å². The Kier molecular flexibility index (Phi) is 15.1. The van der Waals surface area contributed by atoms with Crippen molar-refractivity contribution in [3.8, 4) is 0 Å². The molecule has 270 valence electrons. The summed E-state index contributed by atoms with van der Waals surface area (Å²) in [6, 6.07) is 4.02. The van der Waals surface area contributed by atoms with Crippen LogP contribution in [0, 0.1) is 35.5 Å². The van der Waals surface area contributed by atoms with Crippen molar-refractivity contribution >= 4 is 5.97 Å². The van der Waals surface area contributed by atoms with Gasteiger partial charge in [0, 0.05) is 36.8 Å². The van der Waals surface area contributed by atoms with Gasteiger partial charge >= 0.3 is 5.97 Å². The molecule has 9 atom stereocenters. The maximum atomic E-state index is 12.5. The molecule has 0 amide bonds. The number of hydrogen-bond donors (Lipinski definition) is 8. The lowest BCUT2D eigenvalue weighted by molar-refractivity contribution is -0.148. The molecule has 9 heteroatoms. The molecule has 2 heterocycles. The Bertz CT molecular complexity index is 1200. The zero-order valence-corrected chi connectivity index (χ0v) is 29.5. The quantitative estimate of drug-likeness (QED) is 0.0637. The van der Waals surface area contributed by atoms with Gasteiger partial charge in [0.05, 0.1) is 29.5 Å². The molecular formula is C39H64N4O5. The molecule has 0 bridgehead atoms. The molecule has 48 heavy (non-hydrogen) atoms. The number of rotatable bonds is 21. The number of dihydropyridines is 1. The van der Waals surface area contributed by atoms with Crippen LogP contribution >= 0.6 is 0 Å². The second kappa shape index (κ2) is 19.0. The summed E-state index contributed by atoms with van der Waals surface area (Å²) in [6.07, 6.45) is 21.8. The molecule has 3 aliphatic rings. The van der Waals surface area contributed by atoms with E-state index in [1.54, 1.807) is 0 Å². The molecule has 9 nitrogen and oxygen atoms in total. The molecule has 4 rings (SSSR count). The van der Waals surface area contributed by atoms with Crippen molar-refractivity contribution in [2.24, 2.45) is 41.2 Å². The Hall–Kier alpha value is -2.59. The van der Waals surface area contributed by atoms with Crippen LogP contribution in [0.5, 0.6) is 0 Å². The van der Waals surface area contributed by atoms with Gasteiger partial charge in [0.25, 0.3) is 0 Å². The highest BCUT2D eigenvalue weighted by molar-refractivity contribution is 5.70. The molecule has 0 aromatic carbocycles. The van der Waals surface area contributed by atoms with Crippen LogP contribution in [0.3, 0.4) is 0 Å². The lowest BCUT2D eigenvalue weighted by atomic mass is 9.73. The van der Waals surface area contributed by atoms with Crippen LogP contribution < -0.4 is 16.4 Å². The standard InChI is InChI=1S/C39H64N4O5/c1-3-4-6-10-27-14-15-30(35(44)21-27)11-7-5-8-13-34(38(46)47)36(45)24-32(26-41-2)39(48)25-29(19-28-16-18-43-37(40)22-28)20-31(39)23-33-12-9-17-42-33/h9,12,14-17,22,27,29-32,34-36,41-45,48H,3-8,10-11,13,18-21,23-26,40H2,1-2H3,(H,46,47)/t27-,29-,30-,31+,32+,34+,35-,36-,39+/m1/s1. The molecule has 0 spiro atoms. The number of aliphatic carboxylic acids is 1. The molecule has 0 saturated heterocycles. The highest BCUT2D eigenvalue weighted by Crippen LogP contribution is 2.49. The predicted octanol–water partition coefficient (Wildman–Crippen LogP) is 5.41. The van der Waals surface area contributed by atoms with E-state index in [9.17, 15) is 25.2 Å². The molecule has 1 saturated carbocycles. The largest absolute Gasteiger partial charge is 0.481 e. The third-order valence-electron chi connectivity index (χ3n) is 11.5. The van der Waals surface area contributed by atoms with Gasteiger partial charge in [-0.25, -0.2) is 0 Å². The number of aliphatic hydroxyl groups excluding tert-OH is 2. The summed E-state index contributed by atoms with van der Waals surface area (Å²) < 4.78 is 0. The van der Waals surface area contributed by atoms with Crippen LogP contribution in [0.2, 0.25) is 0 Å². The van der Waals surface area contributed by atoms with E-state index in [1.807, 2.05) is 31.5 Å². The number of aromatic amines is 1. The minimum Gasteiger partial charge on any atom is -0.481 e. The van der Waals surface area contributed by atoms with Crippen molar-refractivity contribution in [1.29, 1.82) is 0 Å². The van der Waals surface area contributed by atoms with Crippen LogP contribution in [0.15, 0.2) is 54.0 Å². The number of carboxylic acid groups (broad SMARTS) is 1. The number of hydrogen-bond acceptors (Lipinski definition) is 7. The number of nitrogens with one attached hydrogen (secondary N) is 3. The van der Waals surface area contributed by atoms with Gasteiger partial charge < -0.3 is 41.8 Å². The van der Waals surface area contributed by atoms with Crippen molar-refractivity contribution in [1.82, 2.24) is 15.6 Å². The SMILES string of the molecule is CCCCC[C@@H]1C=C[C@@H](CCCCC[C@H](C(=O)O)[C@H](O)C[C@@H](CNC)[C@]2(O)C[C@H](CC3=CCNC(N)=C3)C[C@H]2Cc2ccc[nH]2)[C@H](O)C1. The van der Waals surface area contributed by atoms with Gasteiger partial charge in [-0.3, -0.25) is 4.79 Å². The summed E-state index contributed by atoms with van der Waals surface area (Å²) >= 11 is 0. The minimum atomic E-state index is -1.06. The highest BCUT2D eigenvalue weighted by Gasteiger charge is 2.51. The fourth-order valence-electron chi connectivity index (χ4n) is 8.80. The van der Waals surface area contributed by atoms with Gasteiger partial charge in [0.15, 0.2) is 0 Å². The summed E-state index contributed by atoms with van der Waals surface area (Å²) in [4.78, 5) is 15.7. The molecule has 0 radical (unpaired) electrons. The first-order valence-electron chi connectivity index (χ1n) is 18.8. The number of H-pyrrole nitrogens is 1. The topological polar surface area (TPSA) is 164 Å². The van der Waals surface area contributed by atoms with E-state index >= 15 is 0 Å². The fraction of sp³-hybridized carbons (Fsp3) is 0.718. The second-order valence-electron chi connectivity index (χ2n) is 15.1. The number of nitrogens with two attached hydrogens (primary N) is 1. The fourth-order valence-corrected chi connectivity index (χ4v) is 8.80. The van der Waals surface area contributed by atoms with Crippen LogP contribution in [-0.2, 0) is 11.2 Å². The summed E-state index contributed by atoms with van der Waals surface area (Å²) in [6.45, 7) is 3.40. The Morgan fingerprint density at radius 1 is 1.12 bits per heavy atom. The lowest BCUT2D eigenvalue weighted by Gasteiger charge is -2.40. The lowest BCUT2D eigenvalue weighted by Crippen LogP contribution is -2.48. The molecule has 1 aliphatic heterocycles. The Balaban J connectivity index is 1.33. The van der Waals surface area contributed by atoms with Gasteiger partial charge in [0.1, 0.15) is 0 Å². The summed E-state index contributed by atoms with van der Waals surface area (Å²) in [5, 5.41) is 51.2. The third kappa shape index (κ3) is 11.0. The van der Waals surface area contributed by atoms with Crippen molar-refractivity contribution in [3.63, 3.8) is 0 Å². The first-order chi connectivity index (χ1) is 23.1. The average molecular weight is 669 g/mol. The predicted molar refractivity (Wildman–Crippen MR) is 192 cm³/mol. The van der Waals surface area contributed by atoms with Crippen molar-refractivity contribution < 1.29 is 25.2 Å². The smallest absolute Gasteiger partial charge is 0.309 e. The van der Waals surface area contributed by atoms with Gasteiger partial charge in [-0.15, -0.1) is 0 Å². The maximum Gasteiger partial charge on any atom is 0.309 e. The number of aliphatic hydroxyl groups is 3. The van der Waals surface area contributed by atoms with Gasteiger partial charge in [-0.05, 0) is 106 Å². The third-order valence-corrected chi connectivity index (χ3v) is 11.5. The first kappa shape index (κ1) is 38.2. The minimum absolute atomic E-state index is 0.0329.